The molecule has 5 rings (SSSR count). The minimum absolute atomic E-state index is 0.0314. The molecule has 4 aromatic rings. The van der Waals surface area contributed by atoms with Crippen LogP contribution in [0.5, 0.6) is 0 Å². The van der Waals surface area contributed by atoms with Gasteiger partial charge in [0.25, 0.3) is 0 Å². The van der Waals surface area contributed by atoms with Crippen LogP contribution in [-0.4, -0.2) is 36.2 Å². The number of nitrogens with zero attached hydrogens (tertiary/aromatic N) is 2. The number of carbonyl (C=O) groups is 1. The highest BCUT2D eigenvalue weighted by Gasteiger charge is 2.39. The normalized spacial score (nSPS) is 16.8. The fourth-order valence-electron chi connectivity index (χ4n) is 4.12. The van der Waals surface area contributed by atoms with Crippen LogP contribution in [0.15, 0.2) is 77.0 Å². The predicted molar refractivity (Wildman–Crippen MR) is 127 cm³/mol. The molecule has 1 aromatic heterocycles. The second kappa shape index (κ2) is 8.66. The van der Waals surface area contributed by atoms with Crippen molar-refractivity contribution in [3.05, 3.63) is 77.9 Å². The summed E-state index contributed by atoms with van der Waals surface area (Å²) in [4.78, 5) is 17.5. The number of anilines is 1. The maximum atomic E-state index is 13.2. The number of halogens is 1. The van der Waals surface area contributed by atoms with E-state index in [1.807, 2.05) is 47.8 Å². The molecule has 0 saturated carbocycles. The molecule has 1 amide bonds. The monoisotopic (exact) mass is 481 g/mol. The third-order valence-corrected chi connectivity index (χ3v) is 8.41. The molecule has 0 aliphatic carbocycles. The molecule has 0 radical (unpaired) electrons. The molecule has 3 aromatic carbocycles. The number of hydrogen-bond donors (Lipinski definition) is 1. The molecule has 1 unspecified atom stereocenters. The fraction of sp³-hybridized carbons (Fsp3) is 0.167. The van der Waals surface area contributed by atoms with Crippen molar-refractivity contribution in [1.82, 2.24) is 9.29 Å². The molecule has 1 N–H and O–H groups in total. The van der Waals surface area contributed by atoms with E-state index in [-0.39, 0.29) is 11.4 Å². The lowest BCUT2D eigenvalue weighted by atomic mass is 10.0. The molecule has 0 bridgehead atoms. The number of aromatic nitrogens is 1. The van der Waals surface area contributed by atoms with Crippen molar-refractivity contribution in [2.24, 2.45) is 0 Å². The summed E-state index contributed by atoms with van der Waals surface area (Å²) in [5, 5.41) is 7.24. The van der Waals surface area contributed by atoms with Gasteiger partial charge in [-0.15, -0.1) is 11.3 Å². The topological polar surface area (TPSA) is 79.4 Å². The van der Waals surface area contributed by atoms with Crippen LogP contribution in [0.3, 0.4) is 0 Å². The van der Waals surface area contributed by atoms with Gasteiger partial charge in [-0.1, -0.05) is 42.5 Å². The molecule has 2 heterocycles. The van der Waals surface area contributed by atoms with Crippen molar-refractivity contribution in [3.8, 4) is 11.3 Å². The zero-order chi connectivity index (χ0) is 23.0. The number of thiazole rings is 1. The van der Waals surface area contributed by atoms with Gasteiger partial charge in [-0.3, -0.25) is 4.79 Å². The van der Waals surface area contributed by atoms with Crippen molar-refractivity contribution in [3.63, 3.8) is 0 Å². The second-order valence-electron chi connectivity index (χ2n) is 7.78. The number of rotatable bonds is 5. The summed E-state index contributed by atoms with van der Waals surface area (Å²) >= 11 is 1.29. The summed E-state index contributed by atoms with van der Waals surface area (Å²) < 4.78 is 40.5. The van der Waals surface area contributed by atoms with Gasteiger partial charge in [-0.25, -0.2) is 17.8 Å². The Morgan fingerprint density at radius 1 is 1.06 bits per heavy atom. The summed E-state index contributed by atoms with van der Waals surface area (Å²) in [6.07, 6.45) is 0.978. The van der Waals surface area contributed by atoms with Crippen LogP contribution < -0.4 is 5.32 Å². The number of carbonyl (C=O) groups excluding carboxylic acids is 1. The minimum atomic E-state index is -3.92. The first-order valence-electron chi connectivity index (χ1n) is 10.5. The Kier molecular flexibility index (Phi) is 5.69. The molecule has 33 heavy (non-hydrogen) atoms. The second-order valence-corrected chi connectivity index (χ2v) is 10.5. The first kappa shape index (κ1) is 21.7. The van der Waals surface area contributed by atoms with E-state index in [0.717, 1.165) is 34.2 Å². The van der Waals surface area contributed by atoms with Crippen molar-refractivity contribution in [2.45, 2.75) is 23.8 Å². The third-order valence-electron chi connectivity index (χ3n) is 5.73. The van der Waals surface area contributed by atoms with E-state index in [0.29, 0.717) is 18.0 Å². The number of fused-ring (bicyclic) bond motifs is 1. The molecule has 1 atom stereocenters. The van der Waals surface area contributed by atoms with Gasteiger partial charge in [-0.05, 0) is 47.9 Å². The van der Waals surface area contributed by atoms with E-state index in [4.69, 9.17) is 0 Å². The van der Waals surface area contributed by atoms with Gasteiger partial charge in [0.15, 0.2) is 5.13 Å². The predicted octanol–water partition coefficient (Wildman–Crippen LogP) is 4.89. The van der Waals surface area contributed by atoms with Crippen molar-refractivity contribution in [2.75, 3.05) is 11.9 Å². The quantitative estimate of drug-likeness (QED) is 0.440. The van der Waals surface area contributed by atoms with Gasteiger partial charge in [0.1, 0.15) is 11.9 Å². The Morgan fingerprint density at radius 3 is 2.64 bits per heavy atom. The molecule has 168 valence electrons. The molecule has 9 heteroatoms. The van der Waals surface area contributed by atoms with Crippen LogP contribution in [0.1, 0.15) is 12.8 Å². The van der Waals surface area contributed by atoms with Crippen LogP contribution >= 0.6 is 11.3 Å². The van der Waals surface area contributed by atoms with Crippen LogP contribution in [0, 0.1) is 5.82 Å². The minimum Gasteiger partial charge on any atom is -0.301 e. The summed E-state index contributed by atoms with van der Waals surface area (Å²) in [7, 11) is -3.92. The molecular weight excluding hydrogens is 461 g/mol. The summed E-state index contributed by atoms with van der Waals surface area (Å²) in [6.45, 7) is 0.233. The molecule has 0 spiro atoms. The van der Waals surface area contributed by atoms with Crippen molar-refractivity contribution < 1.29 is 17.6 Å². The summed E-state index contributed by atoms with van der Waals surface area (Å²) in [5.74, 6) is -0.938. The lowest BCUT2D eigenvalue weighted by molar-refractivity contribution is -0.119. The SMILES string of the molecule is O=C(Nc1nc(-c2cccc3ccccc23)cs1)C1CCCN1S(=O)(=O)c1ccc(F)cc1. The Bertz CT molecular complexity index is 1430. The lowest BCUT2D eigenvalue weighted by Gasteiger charge is -2.23. The van der Waals surface area contributed by atoms with E-state index < -0.39 is 27.8 Å². The van der Waals surface area contributed by atoms with Gasteiger partial charge in [-0.2, -0.15) is 4.31 Å². The first-order valence-corrected chi connectivity index (χ1v) is 12.8. The zero-order valence-electron chi connectivity index (χ0n) is 17.4. The maximum absolute atomic E-state index is 13.2. The lowest BCUT2D eigenvalue weighted by Crippen LogP contribution is -2.43. The first-order chi connectivity index (χ1) is 15.9. The third kappa shape index (κ3) is 4.15. The highest BCUT2D eigenvalue weighted by molar-refractivity contribution is 7.89. The number of sulfonamides is 1. The Balaban J connectivity index is 1.37. The van der Waals surface area contributed by atoms with E-state index in [9.17, 15) is 17.6 Å². The summed E-state index contributed by atoms with van der Waals surface area (Å²) in [5.41, 5.74) is 1.71. The van der Waals surface area contributed by atoms with Crippen LogP contribution in [0.25, 0.3) is 22.0 Å². The fourth-order valence-corrected chi connectivity index (χ4v) is 6.49. The van der Waals surface area contributed by atoms with Crippen molar-refractivity contribution in [1.29, 1.82) is 0 Å². The van der Waals surface area contributed by atoms with Crippen LogP contribution in [-0.2, 0) is 14.8 Å². The van der Waals surface area contributed by atoms with Crippen LogP contribution in [0.2, 0.25) is 0 Å². The Hall–Kier alpha value is -3.14. The average molecular weight is 482 g/mol. The van der Waals surface area contributed by atoms with Gasteiger partial charge < -0.3 is 5.32 Å². The van der Waals surface area contributed by atoms with Gasteiger partial charge in [0.05, 0.1) is 10.6 Å². The molecular formula is C24H20FN3O3S2. The largest absolute Gasteiger partial charge is 0.301 e. The number of benzene rings is 3. The molecule has 1 fully saturated rings. The average Bonchev–Trinajstić information content (AvgIpc) is 3.49. The number of amides is 1. The van der Waals surface area contributed by atoms with Crippen LogP contribution in [0.4, 0.5) is 9.52 Å². The maximum Gasteiger partial charge on any atom is 0.244 e. The van der Waals surface area contributed by atoms with E-state index >= 15 is 0 Å². The summed E-state index contributed by atoms with van der Waals surface area (Å²) in [6, 6.07) is 17.8. The standard InChI is InChI=1S/C24H20FN3O3S2/c25-17-10-12-18(13-11-17)33(30,31)28-14-4-9-22(28)23(29)27-24-26-21(15-32-24)20-8-3-6-16-5-1-2-7-19(16)20/h1-3,5-8,10-13,15,22H,4,9,14H2,(H,26,27,29). The Labute approximate surface area is 194 Å². The van der Waals surface area contributed by atoms with E-state index in [1.165, 1.54) is 27.8 Å². The molecule has 6 nitrogen and oxygen atoms in total. The zero-order valence-corrected chi connectivity index (χ0v) is 19.1. The van der Waals surface area contributed by atoms with Crippen molar-refractivity contribution >= 4 is 43.2 Å². The Morgan fingerprint density at radius 2 is 1.82 bits per heavy atom. The molecule has 1 saturated heterocycles. The highest BCUT2D eigenvalue weighted by atomic mass is 32.2. The highest BCUT2D eigenvalue weighted by Crippen LogP contribution is 2.32. The number of nitrogens with one attached hydrogen (secondary N) is 1. The van der Waals surface area contributed by atoms with Gasteiger partial charge in [0, 0.05) is 17.5 Å². The van der Waals surface area contributed by atoms with E-state index in [1.54, 1.807) is 0 Å². The molecule has 1 aliphatic rings. The smallest absolute Gasteiger partial charge is 0.244 e. The molecule has 1 aliphatic heterocycles. The van der Waals surface area contributed by atoms with Gasteiger partial charge in [0.2, 0.25) is 15.9 Å². The van der Waals surface area contributed by atoms with E-state index in [2.05, 4.69) is 10.3 Å². The van der Waals surface area contributed by atoms with Gasteiger partial charge >= 0.3 is 0 Å². The number of hydrogen-bond acceptors (Lipinski definition) is 5.